The monoisotopic (exact) mass is 278 g/mol. The van der Waals surface area contributed by atoms with Gasteiger partial charge in [-0.2, -0.15) is 5.26 Å². The lowest BCUT2D eigenvalue weighted by Crippen LogP contribution is -2.33. The fourth-order valence-electron chi connectivity index (χ4n) is 3.07. The predicted octanol–water partition coefficient (Wildman–Crippen LogP) is 3.65. The van der Waals surface area contributed by atoms with E-state index in [4.69, 9.17) is 0 Å². The van der Waals surface area contributed by atoms with Crippen LogP contribution < -0.4 is 4.90 Å². The van der Waals surface area contributed by atoms with E-state index in [-0.39, 0.29) is 5.75 Å². The molecular weight excluding hydrogens is 260 g/mol. The van der Waals surface area contributed by atoms with Gasteiger partial charge >= 0.3 is 0 Å². The maximum absolute atomic E-state index is 9.49. The summed E-state index contributed by atoms with van der Waals surface area (Å²) < 4.78 is 0. The summed E-state index contributed by atoms with van der Waals surface area (Å²) in [5.74, 6) is 0.750. The van der Waals surface area contributed by atoms with Gasteiger partial charge in [0.2, 0.25) is 0 Å². The summed E-state index contributed by atoms with van der Waals surface area (Å²) in [5, 5.41) is 18.7. The van der Waals surface area contributed by atoms with Crippen molar-refractivity contribution in [3.05, 3.63) is 59.7 Å². The van der Waals surface area contributed by atoms with E-state index in [1.807, 2.05) is 12.1 Å². The topological polar surface area (TPSA) is 47.3 Å². The number of benzene rings is 2. The van der Waals surface area contributed by atoms with Crippen molar-refractivity contribution in [1.29, 1.82) is 5.26 Å². The third kappa shape index (κ3) is 2.85. The van der Waals surface area contributed by atoms with E-state index in [2.05, 4.69) is 35.2 Å². The molecule has 106 valence electrons. The second-order valence-electron chi connectivity index (χ2n) is 5.49. The largest absolute Gasteiger partial charge is 0.508 e. The van der Waals surface area contributed by atoms with E-state index in [1.165, 1.54) is 5.56 Å². The Hall–Kier alpha value is -2.47. The van der Waals surface area contributed by atoms with Crippen LogP contribution in [0.25, 0.3) is 0 Å². The Morgan fingerprint density at radius 1 is 1.05 bits per heavy atom. The zero-order chi connectivity index (χ0) is 14.7. The standard InChI is InChI=1S/C18H18N2O/c19-13-16-12-17(21)6-7-18(16)20-10-8-15(9-11-20)14-4-2-1-3-5-14/h1-7,12,15,21H,8-11H2. The van der Waals surface area contributed by atoms with Crippen LogP contribution in [0.4, 0.5) is 5.69 Å². The first-order valence-electron chi connectivity index (χ1n) is 7.31. The molecule has 1 fully saturated rings. The summed E-state index contributed by atoms with van der Waals surface area (Å²) in [4.78, 5) is 2.25. The van der Waals surface area contributed by atoms with Crippen LogP contribution in [0.15, 0.2) is 48.5 Å². The van der Waals surface area contributed by atoms with Crippen LogP contribution >= 0.6 is 0 Å². The lowest BCUT2D eigenvalue weighted by Gasteiger charge is -2.34. The Balaban J connectivity index is 1.73. The molecule has 21 heavy (non-hydrogen) atoms. The molecule has 2 aromatic rings. The normalized spacial score (nSPS) is 15.7. The molecule has 0 aromatic heterocycles. The van der Waals surface area contributed by atoms with Gasteiger partial charge in [-0.1, -0.05) is 30.3 Å². The van der Waals surface area contributed by atoms with E-state index in [0.29, 0.717) is 11.5 Å². The lowest BCUT2D eigenvalue weighted by atomic mass is 9.89. The molecule has 1 saturated heterocycles. The number of nitriles is 1. The van der Waals surface area contributed by atoms with Crippen molar-refractivity contribution in [2.45, 2.75) is 18.8 Å². The van der Waals surface area contributed by atoms with Crippen molar-refractivity contribution >= 4 is 5.69 Å². The first-order valence-corrected chi connectivity index (χ1v) is 7.31. The quantitative estimate of drug-likeness (QED) is 0.912. The number of nitrogens with zero attached hydrogens (tertiary/aromatic N) is 2. The highest BCUT2D eigenvalue weighted by Crippen LogP contribution is 2.32. The molecule has 0 saturated carbocycles. The summed E-state index contributed by atoms with van der Waals surface area (Å²) in [6.45, 7) is 1.89. The molecule has 3 rings (SSSR count). The van der Waals surface area contributed by atoms with Crippen LogP contribution in [0, 0.1) is 11.3 Å². The molecule has 1 aliphatic rings. The van der Waals surface area contributed by atoms with E-state index in [9.17, 15) is 10.4 Å². The van der Waals surface area contributed by atoms with Gasteiger partial charge in [0.1, 0.15) is 11.8 Å². The Labute approximate surface area is 125 Å². The molecule has 0 atom stereocenters. The van der Waals surface area contributed by atoms with Crippen molar-refractivity contribution in [1.82, 2.24) is 0 Å². The number of anilines is 1. The van der Waals surface area contributed by atoms with Gasteiger partial charge in [-0.15, -0.1) is 0 Å². The molecule has 1 N–H and O–H groups in total. The smallest absolute Gasteiger partial charge is 0.117 e. The number of hydrogen-bond acceptors (Lipinski definition) is 3. The number of piperidine rings is 1. The Morgan fingerprint density at radius 3 is 2.43 bits per heavy atom. The van der Waals surface area contributed by atoms with Gasteiger partial charge in [0.05, 0.1) is 11.3 Å². The lowest BCUT2D eigenvalue weighted by molar-refractivity contribution is 0.474. The van der Waals surface area contributed by atoms with Gasteiger partial charge < -0.3 is 10.0 Å². The molecule has 0 radical (unpaired) electrons. The molecule has 2 aromatic carbocycles. The van der Waals surface area contributed by atoms with Crippen molar-refractivity contribution in [3.8, 4) is 11.8 Å². The molecule has 3 heteroatoms. The maximum Gasteiger partial charge on any atom is 0.117 e. The predicted molar refractivity (Wildman–Crippen MR) is 83.5 cm³/mol. The van der Waals surface area contributed by atoms with Crippen molar-refractivity contribution < 1.29 is 5.11 Å². The minimum absolute atomic E-state index is 0.148. The average molecular weight is 278 g/mol. The molecule has 0 amide bonds. The van der Waals surface area contributed by atoms with E-state index in [0.717, 1.165) is 31.6 Å². The highest BCUT2D eigenvalue weighted by Gasteiger charge is 2.22. The van der Waals surface area contributed by atoms with Gasteiger partial charge in [0, 0.05) is 13.1 Å². The van der Waals surface area contributed by atoms with Crippen molar-refractivity contribution in [2.75, 3.05) is 18.0 Å². The maximum atomic E-state index is 9.49. The SMILES string of the molecule is N#Cc1cc(O)ccc1N1CCC(c2ccccc2)CC1. The number of phenols is 1. The first-order chi connectivity index (χ1) is 10.3. The molecule has 1 aliphatic heterocycles. The third-order valence-corrected chi connectivity index (χ3v) is 4.21. The van der Waals surface area contributed by atoms with E-state index >= 15 is 0 Å². The zero-order valence-electron chi connectivity index (χ0n) is 11.9. The van der Waals surface area contributed by atoms with E-state index < -0.39 is 0 Å². The summed E-state index contributed by atoms with van der Waals surface area (Å²) in [7, 11) is 0. The van der Waals surface area contributed by atoms with Gasteiger partial charge in [0.15, 0.2) is 0 Å². The fourth-order valence-corrected chi connectivity index (χ4v) is 3.07. The van der Waals surface area contributed by atoms with Crippen molar-refractivity contribution in [2.24, 2.45) is 0 Å². The molecule has 0 spiro atoms. The zero-order valence-corrected chi connectivity index (χ0v) is 11.9. The van der Waals surface area contributed by atoms with Gasteiger partial charge in [-0.05, 0) is 42.5 Å². The molecule has 0 unspecified atom stereocenters. The van der Waals surface area contributed by atoms with Gasteiger partial charge in [-0.25, -0.2) is 0 Å². The highest BCUT2D eigenvalue weighted by molar-refractivity contribution is 5.61. The van der Waals surface area contributed by atoms with Crippen LogP contribution in [0.2, 0.25) is 0 Å². The second-order valence-corrected chi connectivity index (χ2v) is 5.49. The minimum Gasteiger partial charge on any atom is -0.508 e. The Kier molecular flexibility index (Phi) is 3.79. The average Bonchev–Trinajstić information content (AvgIpc) is 2.56. The van der Waals surface area contributed by atoms with Gasteiger partial charge in [-0.3, -0.25) is 0 Å². The minimum atomic E-state index is 0.148. The van der Waals surface area contributed by atoms with Crippen LogP contribution in [0.3, 0.4) is 0 Å². The summed E-state index contributed by atoms with van der Waals surface area (Å²) in [6.07, 6.45) is 2.19. The first kappa shape index (κ1) is 13.5. The highest BCUT2D eigenvalue weighted by atomic mass is 16.3. The summed E-state index contributed by atoms with van der Waals surface area (Å²) in [6, 6.07) is 17.8. The molecule has 3 nitrogen and oxygen atoms in total. The molecule has 0 aliphatic carbocycles. The number of rotatable bonds is 2. The van der Waals surface area contributed by atoms with E-state index in [1.54, 1.807) is 12.1 Å². The number of aromatic hydroxyl groups is 1. The Morgan fingerprint density at radius 2 is 1.76 bits per heavy atom. The second kappa shape index (κ2) is 5.88. The summed E-state index contributed by atoms with van der Waals surface area (Å²) >= 11 is 0. The fraction of sp³-hybridized carbons (Fsp3) is 0.278. The van der Waals surface area contributed by atoms with Crippen molar-refractivity contribution in [3.63, 3.8) is 0 Å². The van der Waals surface area contributed by atoms with Crippen LogP contribution in [-0.4, -0.2) is 18.2 Å². The van der Waals surface area contributed by atoms with Gasteiger partial charge in [0.25, 0.3) is 0 Å². The number of hydrogen-bond donors (Lipinski definition) is 1. The summed E-state index contributed by atoms with van der Waals surface area (Å²) in [5.41, 5.74) is 2.89. The molecule has 0 bridgehead atoms. The third-order valence-electron chi connectivity index (χ3n) is 4.21. The van der Waals surface area contributed by atoms with Crippen LogP contribution in [0.5, 0.6) is 5.75 Å². The molecular formula is C18H18N2O. The van der Waals surface area contributed by atoms with Crippen LogP contribution in [0.1, 0.15) is 29.9 Å². The number of phenolic OH excluding ortho intramolecular Hbond substituents is 1. The van der Waals surface area contributed by atoms with Crippen LogP contribution in [-0.2, 0) is 0 Å². The molecule has 1 heterocycles. The Bertz CT molecular complexity index is 653.